The fourth-order valence-corrected chi connectivity index (χ4v) is 5.54. The molecule has 0 saturated heterocycles. The van der Waals surface area contributed by atoms with E-state index < -0.39 is 43.5 Å². The van der Waals surface area contributed by atoms with E-state index in [0.29, 0.717) is 32.3 Å². The summed E-state index contributed by atoms with van der Waals surface area (Å²) in [5, 5.41) is 0. The highest BCUT2D eigenvalue weighted by Crippen LogP contribution is 2.26. The largest absolute Gasteiger partial charge is 0.500 e. The highest BCUT2D eigenvalue weighted by atomic mass is 28.4. The molecule has 162 valence electrons. The third-order valence-electron chi connectivity index (χ3n) is 4.04. The Morgan fingerprint density at radius 1 is 0.607 bits per heavy atom. The lowest BCUT2D eigenvalue weighted by Crippen LogP contribution is -2.46. The normalized spacial score (nSPS) is 12.0. The Labute approximate surface area is 164 Å². The predicted molar refractivity (Wildman–Crippen MR) is 98.5 cm³/mol. The Morgan fingerprint density at radius 2 is 1.00 bits per heavy atom. The summed E-state index contributed by atoms with van der Waals surface area (Å²) in [7, 11) is -2.95. The zero-order valence-electron chi connectivity index (χ0n) is 16.7. The molecule has 0 aliphatic heterocycles. The van der Waals surface area contributed by atoms with Gasteiger partial charge in [0.25, 0.3) is 0 Å². The summed E-state index contributed by atoms with van der Waals surface area (Å²) in [5.41, 5.74) is -0.790. The van der Waals surface area contributed by atoms with Crippen molar-refractivity contribution in [3.63, 3.8) is 0 Å². The molecule has 1 aromatic rings. The van der Waals surface area contributed by atoms with E-state index in [4.69, 9.17) is 13.3 Å². The molecule has 0 spiro atoms. The van der Waals surface area contributed by atoms with E-state index in [-0.39, 0.29) is 12.8 Å². The highest BCUT2D eigenvalue weighted by molar-refractivity contribution is 6.60. The monoisotopic (exact) mass is 428 g/mol. The average molecular weight is 429 g/mol. The maximum absolute atomic E-state index is 13.8. The molecule has 0 atom stereocenters. The molecule has 3 nitrogen and oxygen atoms in total. The lowest BCUT2D eigenvalue weighted by atomic mass is 10.1. The molecule has 0 unspecified atom stereocenters. The Hall–Kier alpha value is -1.03. The van der Waals surface area contributed by atoms with Crippen molar-refractivity contribution < 1.29 is 35.2 Å². The molecule has 0 fully saturated rings. The number of hydrogen-bond donors (Lipinski definition) is 0. The second-order valence-corrected chi connectivity index (χ2v) is 9.22. The van der Waals surface area contributed by atoms with Gasteiger partial charge in [-0.3, -0.25) is 0 Å². The summed E-state index contributed by atoms with van der Waals surface area (Å²) < 4.78 is 85.0. The van der Waals surface area contributed by atoms with Crippen LogP contribution in [0.4, 0.5) is 22.0 Å². The minimum absolute atomic E-state index is 0.216. The summed E-state index contributed by atoms with van der Waals surface area (Å²) in [5.74, 6) is -9.51. The summed E-state index contributed by atoms with van der Waals surface area (Å²) in [4.78, 5) is 0. The number of benzene rings is 1. The Bertz CT molecular complexity index is 565. The minimum Gasteiger partial charge on any atom is -0.373 e. The van der Waals surface area contributed by atoms with E-state index in [0.717, 1.165) is 19.3 Å². The molecule has 0 radical (unpaired) electrons. The van der Waals surface area contributed by atoms with Crippen molar-refractivity contribution in [2.45, 2.75) is 65.3 Å². The molecule has 0 aliphatic carbocycles. The van der Waals surface area contributed by atoms with E-state index in [1.807, 2.05) is 20.8 Å². The smallest absolute Gasteiger partial charge is 0.373 e. The lowest BCUT2D eigenvalue weighted by Gasteiger charge is -2.29. The van der Waals surface area contributed by atoms with E-state index in [1.54, 1.807) is 0 Å². The zero-order valence-corrected chi connectivity index (χ0v) is 17.7. The van der Waals surface area contributed by atoms with E-state index in [9.17, 15) is 22.0 Å². The first-order chi connectivity index (χ1) is 13.3. The van der Waals surface area contributed by atoms with Crippen molar-refractivity contribution in [3.8, 4) is 0 Å². The molecule has 0 amide bonds. The van der Waals surface area contributed by atoms with Crippen LogP contribution in [0.2, 0.25) is 6.04 Å². The molecule has 0 N–H and O–H groups in total. The van der Waals surface area contributed by atoms with Crippen LogP contribution in [-0.2, 0) is 19.7 Å². The highest BCUT2D eigenvalue weighted by Gasteiger charge is 2.40. The van der Waals surface area contributed by atoms with Gasteiger partial charge in [0.05, 0.1) is 0 Å². The number of rotatable bonds is 14. The van der Waals surface area contributed by atoms with Gasteiger partial charge < -0.3 is 13.3 Å². The number of hydrogen-bond acceptors (Lipinski definition) is 3. The third kappa shape index (κ3) is 6.79. The van der Waals surface area contributed by atoms with Gasteiger partial charge in [0.2, 0.25) is 5.82 Å². The zero-order chi connectivity index (χ0) is 21.2. The van der Waals surface area contributed by atoms with Gasteiger partial charge in [0, 0.05) is 31.4 Å². The van der Waals surface area contributed by atoms with Crippen LogP contribution >= 0.6 is 0 Å². The summed E-state index contributed by atoms with van der Waals surface area (Å²) >= 11 is 0. The predicted octanol–water partition coefficient (Wildman–Crippen LogP) is 5.92. The van der Waals surface area contributed by atoms with Gasteiger partial charge in [0.15, 0.2) is 23.3 Å². The third-order valence-corrected chi connectivity index (χ3v) is 6.94. The van der Waals surface area contributed by atoms with Crippen LogP contribution in [0.3, 0.4) is 0 Å². The summed E-state index contributed by atoms with van der Waals surface area (Å²) in [6.07, 6.45) is 2.71. The molecular weight excluding hydrogens is 399 g/mol. The topological polar surface area (TPSA) is 27.7 Å². The summed E-state index contributed by atoms with van der Waals surface area (Å²) in [6.45, 7) is 7.29. The second kappa shape index (κ2) is 12.5. The van der Waals surface area contributed by atoms with Crippen molar-refractivity contribution in [2.75, 3.05) is 19.8 Å². The maximum atomic E-state index is 13.8. The van der Waals surface area contributed by atoms with Crippen LogP contribution in [0.25, 0.3) is 0 Å². The lowest BCUT2D eigenvalue weighted by molar-refractivity contribution is 0.0586. The number of unbranched alkanes of at least 4 members (excludes halogenated alkanes) is 1. The quantitative estimate of drug-likeness (QED) is 0.121. The van der Waals surface area contributed by atoms with Crippen molar-refractivity contribution in [3.05, 3.63) is 34.6 Å². The van der Waals surface area contributed by atoms with Crippen LogP contribution in [0.15, 0.2) is 0 Å². The van der Waals surface area contributed by atoms with Crippen molar-refractivity contribution in [1.29, 1.82) is 0 Å². The van der Waals surface area contributed by atoms with Gasteiger partial charge >= 0.3 is 8.80 Å². The molecule has 1 rings (SSSR count). The maximum Gasteiger partial charge on any atom is 0.500 e. The molecule has 28 heavy (non-hydrogen) atoms. The minimum atomic E-state index is -2.95. The van der Waals surface area contributed by atoms with Crippen molar-refractivity contribution in [2.24, 2.45) is 0 Å². The number of halogens is 5. The first kappa shape index (κ1) is 25.0. The van der Waals surface area contributed by atoms with Crippen LogP contribution in [0.1, 0.15) is 58.4 Å². The van der Waals surface area contributed by atoms with Gasteiger partial charge in [0.1, 0.15) is 0 Å². The molecule has 1 aromatic carbocycles. The SMILES string of the molecule is CCCO[Si](CCCCc1c(F)c(F)c(F)c(F)c1F)(OCCC)OCCC. The molecule has 0 heterocycles. The standard InChI is InChI=1S/C19H29F5O3Si/c1-4-10-25-28(26-11-5-2,27-12-6-3)13-8-7-9-14-15(20)17(22)19(24)18(23)16(14)21/h4-13H2,1-3H3. The van der Waals surface area contributed by atoms with E-state index in [1.165, 1.54) is 0 Å². The summed E-state index contributed by atoms with van der Waals surface area (Å²) in [6, 6.07) is 0.419. The first-order valence-corrected chi connectivity index (χ1v) is 11.7. The second-order valence-electron chi connectivity index (χ2n) is 6.48. The fourth-order valence-electron chi connectivity index (χ4n) is 2.63. The van der Waals surface area contributed by atoms with Gasteiger partial charge in [-0.1, -0.05) is 20.8 Å². The van der Waals surface area contributed by atoms with Crippen LogP contribution in [0, 0.1) is 29.1 Å². The van der Waals surface area contributed by atoms with Gasteiger partial charge in [-0.15, -0.1) is 0 Å². The van der Waals surface area contributed by atoms with Crippen molar-refractivity contribution in [1.82, 2.24) is 0 Å². The van der Waals surface area contributed by atoms with Gasteiger partial charge in [-0.2, -0.15) is 0 Å². The molecule has 0 aromatic heterocycles. The fraction of sp³-hybridized carbons (Fsp3) is 0.684. The van der Waals surface area contributed by atoms with E-state index >= 15 is 0 Å². The molecular formula is C19H29F5O3Si. The van der Waals surface area contributed by atoms with Gasteiger partial charge in [-0.25, -0.2) is 22.0 Å². The van der Waals surface area contributed by atoms with E-state index in [2.05, 4.69) is 0 Å². The molecule has 9 heteroatoms. The molecule has 0 aliphatic rings. The Kier molecular flexibility index (Phi) is 11.2. The average Bonchev–Trinajstić information content (AvgIpc) is 2.70. The van der Waals surface area contributed by atoms with Crippen LogP contribution in [0.5, 0.6) is 0 Å². The van der Waals surface area contributed by atoms with Crippen molar-refractivity contribution >= 4 is 8.80 Å². The van der Waals surface area contributed by atoms with Crippen LogP contribution in [-0.4, -0.2) is 28.6 Å². The van der Waals surface area contributed by atoms with Crippen LogP contribution < -0.4 is 0 Å². The molecule has 0 saturated carbocycles. The Balaban J connectivity index is 2.80. The first-order valence-electron chi connectivity index (χ1n) is 9.75. The van der Waals surface area contributed by atoms with Gasteiger partial charge in [-0.05, 0) is 38.5 Å². The Morgan fingerprint density at radius 3 is 1.39 bits per heavy atom. The molecule has 0 bridgehead atoms.